The monoisotopic (exact) mass is 944 g/mol. The molecule has 3 aromatic carbocycles. The molecule has 0 aliphatic carbocycles. The molecule has 2 aliphatic heterocycles. The number of aromatic nitrogens is 3. The maximum atomic E-state index is 14.4. The topological polar surface area (TPSA) is 178 Å². The Morgan fingerprint density at radius 2 is 1.60 bits per heavy atom. The van der Waals surface area contributed by atoms with Crippen LogP contribution in [0.5, 0.6) is 11.5 Å². The minimum Gasteiger partial charge on any atom is -0.497 e. The van der Waals surface area contributed by atoms with Gasteiger partial charge in [-0.05, 0) is 54.7 Å². The fourth-order valence-corrected chi connectivity index (χ4v) is 9.52. The second-order valence-electron chi connectivity index (χ2n) is 18.6. The molecule has 4 N–H and O–H groups in total. The summed E-state index contributed by atoms with van der Waals surface area (Å²) in [6.07, 6.45) is 1.22. The largest absolute Gasteiger partial charge is 0.497 e. The number of Topliss-reactive ketones (excluding diaryl/α,β-unsaturated/α-hetero) is 1. The van der Waals surface area contributed by atoms with E-state index in [9.17, 15) is 19.5 Å². The molecule has 16 nitrogen and oxygen atoms in total. The summed E-state index contributed by atoms with van der Waals surface area (Å²) in [7, 11) is 4.71. The lowest BCUT2D eigenvalue weighted by Gasteiger charge is -2.37. The standard InChI is InChI=1S/C51H64N10O6S/c1-32(35-10-12-36(13-11-35)48-34(3)54-31-68-48)55-33(2)45-25-41(63)29-61(45)49(64)44(51(4,5)6)24-40(62)28-59-18-20-60(21-19-59)39-16-14-37(15-17-39)56-46-27-47(53-30-52-46)58(7)50(65)57-38-22-42(66-8)26-43(23-38)67-9/h10-17,22-23,26-27,30-32,41,44-45,55,63H,2,18-21,24-25,28-29H2,1,3-9H3,(H,57,65)(H,52,53,56)/t32-,41+,44+,45-/m0/s1. The predicted octanol–water partition coefficient (Wildman–Crippen LogP) is 7.91. The van der Waals surface area contributed by atoms with Crippen molar-refractivity contribution in [2.24, 2.45) is 11.3 Å². The highest BCUT2D eigenvalue weighted by atomic mass is 32.1. The number of ether oxygens (including phenoxy) is 2. The summed E-state index contributed by atoms with van der Waals surface area (Å²) in [5, 5.41) is 20.5. The van der Waals surface area contributed by atoms with E-state index < -0.39 is 29.5 Å². The van der Waals surface area contributed by atoms with Crippen molar-refractivity contribution in [1.82, 2.24) is 30.1 Å². The van der Waals surface area contributed by atoms with Crippen LogP contribution in [-0.2, 0) is 9.59 Å². The van der Waals surface area contributed by atoms with E-state index in [2.05, 4.69) is 78.5 Å². The highest BCUT2D eigenvalue weighted by Gasteiger charge is 2.43. The summed E-state index contributed by atoms with van der Waals surface area (Å²) in [6, 6.07) is 22.4. The van der Waals surface area contributed by atoms with Crippen molar-refractivity contribution >= 4 is 57.8 Å². The fourth-order valence-electron chi connectivity index (χ4n) is 8.71. The Kier molecular flexibility index (Phi) is 15.7. The molecule has 2 fully saturated rings. The molecule has 3 amide bonds. The first-order valence-corrected chi connectivity index (χ1v) is 23.8. The molecule has 0 spiro atoms. The van der Waals surface area contributed by atoms with Crippen LogP contribution in [-0.4, -0.2) is 120 Å². The molecule has 0 bridgehead atoms. The van der Waals surface area contributed by atoms with Gasteiger partial charge in [0.2, 0.25) is 5.91 Å². The quantitative estimate of drug-likeness (QED) is 0.0708. The van der Waals surface area contributed by atoms with Gasteiger partial charge >= 0.3 is 6.03 Å². The van der Waals surface area contributed by atoms with Crippen LogP contribution in [0, 0.1) is 18.3 Å². The zero-order valence-electron chi connectivity index (χ0n) is 40.3. The minimum atomic E-state index is -0.682. The summed E-state index contributed by atoms with van der Waals surface area (Å²) in [5.74, 6) is 1.34. The lowest BCUT2D eigenvalue weighted by molar-refractivity contribution is -0.142. The third-order valence-electron chi connectivity index (χ3n) is 12.7. The first-order valence-electron chi connectivity index (χ1n) is 22.9. The number of hydrogen-bond acceptors (Lipinski definition) is 14. The number of rotatable bonds is 17. The number of thiazole rings is 1. The number of hydrogen-bond donors (Lipinski definition) is 4. The number of ketones is 1. The molecule has 2 saturated heterocycles. The van der Waals surface area contributed by atoms with Gasteiger partial charge in [-0.15, -0.1) is 11.3 Å². The van der Waals surface area contributed by atoms with Crippen LogP contribution in [0.25, 0.3) is 10.4 Å². The number of likely N-dealkylation sites (tertiary alicyclic amines) is 1. The van der Waals surface area contributed by atoms with Crippen LogP contribution in [0.15, 0.2) is 96.9 Å². The van der Waals surface area contributed by atoms with Gasteiger partial charge in [-0.2, -0.15) is 0 Å². The number of piperazine rings is 1. The molecule has 4 atom stereocenters. The van der Waals surface area contributed by atoms with Gasteiger partial charge in [-0.3, -0.25) is 19.4 Å². The number of nitrogens with zero attached hydrogens (tertiary/aromatic N) is 7. The van der Waals surface area contributed by atoms with Crippen LogP contribution in [0.3, 0.4) is 0 Å². The number of carbonyl (C=O) groups is 3. The SMILES string of the molecule is C=C(N[C@@H](C)c1ccc(-c2scnc2C)cc1)[C@@H]1C[C@@H](O)CN1C(=O)[C@@H](CC(=O)CN1CCN(c2ccc(Nc3cc(N(C)C(=O)Nc4cc(OC)cc(OC)c4)ncn3)cc2)CC1)C(C)(C)C. The van der Waals surface area contributed by atoms with Crippen molar-refractivity contribution in [3.05, 3.63) is 108 Å². The highest BCUT2D eigenvalue weighted by molar-refractivity contribution is 7.13. The van der Waals surface area contributed by atoms with Crippen molar-refractivity contribution in [3.8, 4) is 21.9 Å². The molecule has 5 aromatic rings. The van der Waals surface area contributed by atoms with E-state index in [0.29, 0.717) is 54.0 Å². The molecule has 2 aliphatic rings. The van der Waals surface area contributed by atoms with Gasteiger partial charge in [0.05, 0.1) is 49.0 Å². The summed E-state index contributed by atoms with van der Waals surface area (Å²) in [6.45, 7) is 17.8. The maximum absolute atomic E-state index is 14.4. The third-order valence-corrected chi connectivity index (χ3v) is 13.7. The summed E-state index contributed by atoms with van der Waals surface area (Å²) in [4.78, 5) is 63.1. The zero-order valence-corrected chi connectivity index (χ0v) is 41.1. The average molecular weight is 945 g/mol. The summed E-state index contributed by atoms with van der Waals surface area (Å²) >= 11 is 1.62. The van der Waals surface area contributed by atoms with Gasteiger partial charge in [-0.25, -0.2) is 19.7 Å². The van der Waals surface area contributed by atoms with E-state index in [1.54, 1.807) is 61.8 Å². The van der Waals surface area contributed by atoms with Gasteiger partial charge < -0.3 is 40.3 Å². The third kappa shape index (κ3) is 12.1. The highest BCUT2D eigenvalue weighted by Crippen LogP contribution is 2.36. The summed E-state index contributed by atoms with van der Waals surface area (Å²) < 4.78 is 10.6. The van der Waals surface area contributed by atoms with Crippen molar-refractivity contribution in [2.45, 2.75) is 65.6 Å². The lowest BCUT2D eigenvalue weighted by Crippen LogP contribution is -2.49. The normalized spacial score (nSPS) is 17.2. The number of amides is 3. The predicted molar refractivity (Wildman–Crippen MR) is 269 cm³/mol. The van der Waals surface area contributed by atoms with Gasteiger partial charge in [0.1, 0.15) is 35.2 Å². The van der Waals surface area contributed by atoms with Crippen molar-refractivity contribution < 1.29 is 29.0 Å². The van der Waals surface area contributed by atoms with Gasteiger partial charge in [0.25, 0.3) is 0 Å². The number of aryl methyl sites for hydroxylation is 1. The second-order valence-corrected chi connectivity index (χ2v) is 19.5. The molecule has 0 saturated carbocycles. The molecule has 7 rings (SSSR count). The Hall–Kier alpha value is -6.56. The van der Waals surface area contributed by atoms with Crippen LogP contribution in [0.2, 0.25) is 0 Å². The zero-order chi connectivity index (χ0) is 48.7. The number of benzene rings is 3. The van der Waals surface area contributed by atoms with Gasteiger partial charge in [0.15, 0.2) is 0 Å². The molecule has 2 aromatic heterocycles. The first-order chi connectivity index (χ1) is 32.5. The Morgan fingerprint density at radius 3 is 2.22 bits per heavy atom. The molecule has 68 heavy (non-hydrogen) atoms. The number of aliphatic hydroxyl groups excluding tert-OH is 1. The van der Waals surface area contributed by atoms with Crippen LogP contribution < -0.4 is 35.2 Å². The Bertz CT molecular complexity index is 2530. The Labute approximate surface area is 403 Å². The van der Waals surface area contributed by atoms with E-state index >= 15 is 0 Å². The van der Waals surface area contributed by atoms with Crippen molar-refractivity contribution in [3.63, 3.8) is 0 Å². The van der Waals surface area contributed by atoms with E-state index in [4.69, 9.17) is 9.47 Å². The van der Waals surface area contributed by atoms with E-state index in [1.165, 1.54) is 11.2 Å². The van der Waals surface area contributed by atoms with Crippen LogP contribution >= 0.6 is 11.3 Å². The lowest BCUT2D eigenvalue weighted by atomic mass is 9.76. The summed E-state index contributed by atoms with van der Waals surface area (Å²) in [5.41, 5.74) is 7.64. The first kappa shape index (κ1) is 49.3. The Morgan fingerprint density at radius 1 is 0.926 bits per heavy atom. The molecule has 4 heterocycles. The maximum Gasteiger partial charge on any atom is 0.327 e. The average Bonchev–Trinajstić information content (AvgIpc) is 3.95. The molecule has 17 heteroatoms. The molecule has 0 unspecified atom stereocenters. The molecular formula is C51H64N10O6S. The van der Waals surface area contributed by atoms with Crippen LogP contribution in [0.4, 0.5) is 33.5 Å². The fraction of sp³-hybridized carbons (Fsp3) is 0.412. The minimum absolute atomic E-state index is 0.0261. The van der Waals surface area contributed by atoms with Crippen molar-refractivity contribution in [2.75, 3.05) is 81.0 Å². The van der Waals surface area contributed by atoms with Crippen LogP contribution in [0.1, 0.15) is 57.8 Å². The number of carbonyl (C=O) groups excluding carboxylic acids is 3. The molecule has 0 radical (unpaired) electrons. The number of urea groups is 1. The van der Waals surface area contributed by atoms with Gasteiger partial charge in [0, 0.05) is 112 Å². The van der Waals surface area contributed by atoms with Gasteiger partial charge in [-0.1, -0.05) is 51.6 Å². The number of methoxy groups -OCH3 is 2. The number of β-amino-alcohol motifs (C(OH)–C–C–N with tert-alkyl or cyclic N) is 1. The Balaban J connectivity index is 0.888. The van der Waals surface area contributed by atoms with Crippen molar-refractivity contribution in [1.29, 1.82) is 0 Å². The smallest absolute Gasteiger partial charge is 0.327 e. The van der Waals surface area contributed by atoms with E-state index in [-0.39, 0.29) is 37.2 Å². The second kappa shape index (κ2) is 21.6. The number of nitrogens with one attached hydrogen (secondary N) is 3. The van der Waals surface area contributed by atoms with E-state index in [0.717, 1.165) is 46.2 Å². The number of anilines is 5. The number of aliphatic hydroxyl groups is 1. The molecule has 360 valence electrons. The molecular weight excluding hydrogens is 881 g/mol. The van der Waals surface area contributed by atoms with E-state index in [1.807, 2.05) is 57.5 Å².